The number of nitrogens with zero attached hydrogens (tertiary/aromatic N) is 1. The van der Waals surface area contributed by atoms with E-state index >= 15 is 0 Å². The molecule has 20 heavy (non-hydrogen) atoms. The number of nitrogens with two attached hydrogens (primary N) is 1. The number of benzene rings is 1. The molecule has 1 aromatic carbocycles. The predicted molar refractivity (Wildman–Crippen MR) is 93.1 cm³/mol. The van der Waals surface area contributed by atoms with Crippen molar-refractivity contribution < 1.29 is 9.47 Å². The van der Waals surface area contributed by atoms with Gasteiger partial charge in [0, 0.05) is 13.2 Å². The number of guanidine groups is 1. The molecular weight excluding hydrogens is 369 g/mol. The van der Waals surface area contributed by atoms with Crippen LogP contribution >= 0.6 is 24.0 Å². The van der Waals surface area contributed by atoms with E-state index in [9.17, 15) is 0 Å². The Morgan fingerprint density at radius 3 is 2.60 bits per heavy atom. The molecule has 0 saturated heterocycles. The predicted octanol–water partition coefficient (Wildman–Crippen LogP) is 1.93. The van der Waals surface area contributed by atoms with Crippen LogP contribution < -0.4 is 15.8 Å². The Kier molecular flexibility index (Phi) is 10.2. The molecule has 6 heteroatoms. The van der Waals surface area contributed by atoms with E-state index in [1.54, 1.807) is 7.11 Å². The molecule has 1 rings (SSSR count). The number of methoxy groups -OCH3 is 1. The van der Waals surface area contributed by atoms with E-state index in [1.165, 1.54) is 5.56 Å². The fourth-order valence-electron chi connectivity index (χ4n) is 1.55. The molecule has 0 amide bonds. The summed E-state index contributed by atoms with van der Waals surface area (Å²) in [6.07, 6.45) is 0. The fraction of sp³-hybridized carbons (Fsp3) is 0.500. The van der Waals surface area contributed by atoms with Gasteiger partial charge >= 0.3 is 0 Å². The summed E-state index contributed by atoms with van der Waals surface area (Å²) in [6.45, 7) is 5.64. The lowest BCUT2D eigenvalue weighted by atomic mass is 10.2. The second kappa shape index (κ2) is 10.7. The van der Waals surface area contributed by atoms with E-state index in [1.807, 2.05) is 38.1 Å². The molecule has 0 aliphatic rings. The van der Waals surface area contributed by atoms with Gasteiger partial charge in [-0.05, 0) is 26.0 Å². The Morgan fingerprint density at radius 2 is 2.00 bits per heavy atom. The molecule has 1 atom stereocenters. The molecule has 0 saturated carbocycles. The molecule has 1 unspecified atom stereocenters. The van der Waals surface area contributed by atoms with Crippen molar-refractivity contribution in [3.63, 3.8) is 0 Å². The van der Waals surface area contributed by atoms with Crippen molar-refractivity contribution in [1.82, 2.24) is 5.32 Å². The highest BCUT2D eigenvalue weighted by atomic mass is 127. The summed E-state index contributed by atoms with van der Waals surface area (Å²) in [6, 6.07) is 8.07. The average Bonchev–Trinajstić information content (AvgIpc) is 2.37. The quantitative estimate of drug-likeness (QED) is 0.322. The zero-order valence-electron chi connectivity index (χ0n) is 12.3. The third-order valence-corrected chi connectivity index (χ3v) is 2.47. The molecule has 0 bridgehead atoms. The van der Waals surface area contributed by atoms with Crippen molar-refractivity contribution in [2.24, 2.45) is 10.7 Å². The van der Waals surface area contributed by atoms with Crippen LogP contribution in [0, 0.1) is 6.92 Å². The van der Waals surface area contributed by atoms with Crippen LogP contribution in [-0.4, -0.2) is 38.9 Å². The third-order valence-electron chi connectivity index (χ3n) is 2.47. The van der Waals surface area contributed by atoms with Crippen LogP contribution in [0.2, 0.25) is 0 Å². The van der Waals surface area contributed by atoms with Crippen LogP contribution in [-0.2, 0) is 4.74 Å². The molecule has 114 valence electrons. The first-order valence-electron chi connectivity index (χ1n) is 6.36. The van der Waals surface area contributed by atoms with Crippen molar-refractivity contribution in [1.29, 1.82) is 0 Å². The third kappa shape index (κ3) is 8.21. The molecule has 1 aromatic rings. The molecule has 5 nitrogen and oxygen atoms in total. The van der Waals surface area contributed by atoms with Gasteiger partial charge in [0.1, 0.15) is 12.4 Å². The minimum atomic E-state index is 0. The number of aryl methyl sites for hydroxylation is 1. The fourth-order valence-corrected chi connectivity index (χ4v) is 1.55. The van der Waals surface area contributed by atoms with Gasteiger partial charge < -0.3 is 20.5 Å². The van der Waals surface area contributed by atoms with Gasteiger partial charge in [-0.1, -0.05) is 17.7 Å². The Balaban J connectivity index is 0.00000361. The van der Waals surface area contributed by atoms with Crippen molar-refractivity contribution >= 4 is 29.9 Å². The summed E-state index contributed by atoms with van der Waals surface area (Å²) in [7, 11) is 1.65. The molecule has 3 N–H and O–H groups in total. The van der Waals surface area contributed by atoms with Crippen LogP contribution in [0.25, 0.3) is 0 Å². The van der Waals surface area contributed by atoms with Crippen molar-refractivity contribution in [3.8, 4) is 5.75 Å². The molecule has 0 spiro atoms. The Labute approximate surface area is 138 Å². The van der Waals surface area contributed by atoms with Crippen molar-refractivity contribution in [2.75, 3.05) is 26.9 Å². The van der Waals surface area contributed by atoms with Gasteiger partial charge in [-0.25, -0.2) is 4.99 Å². The van der Waals surface area contributed by atoms with E-state index < -0.39 is 0 Å². The maximum Gasteiger partial charge on any atom is 0.188 e. The Bertz CT molecular complexity index is 396. The van der Waals surface area contributed by atoms with E-state index in [0.717, 1.165) is 5.75 Å². The molecule has 0 heterocycles. The number of hydrogen-bond donors (Lipinski definition) is 2. The van der Waals surface area contributed by atoms with Gasteiger partial charge in [0.25, 0.3) is 0 Å². The lowest BCUT2D eigenvalue weighted by Crippen LogP contribution is -2.40. The minimum Gasteiger partial charge on any atom is -0.492 e. The number of nitrogens with one attached hydrogen (secondary N) is 1. The van der Waals surface area contributed by atoms with Crippen LogP contribution in [0.4, 0.5) is 0 Å². The second-order valence-corrected chi connectivity index (χ2v) is 4.43. The molecule has 0 aromatic heterocycles. The van der Waals surface area contributed by atoms with Gasteiger partial charge in [-0.15, -0.1) is 24.0 Å². The summed E-state index contributed by atoms with van der Waals surface area (Å²) in [5.41, 5.74) is 6.95. The van der Waals surface area contributed by atoms with Crippen molar-refractivity contribution in [2.45, 2.75) is 19.9 Å². The van der Waals surface area contributed by atoms with Gasteiger partial charge in [0.15, 0.2) is 5.96 Å². The van der Waals surface area contributed by atoms with E-state index in [4.69, 9.17) is 15.2 Å². The first-order chi connectivity index (χ1) is 9.11. The molecule has 0 aliphatic carbocycles. The highest BCUT2D eigenvalue weighted by molar-refractivity contribution is 14.0. The summed E-state index contributed by atoms with van der Waals surface area (Å²) < 4.78 is 10.5. The number of rotatable bonds is 7. The van der Waals surface area contributed by atoms with E-state index in [0.29, 0.717) is 25.7 Å². The lowest BCUT2D eigenvalue weighted by molar-refractivity contribution is 0.179. The first kappa shape index (κ1) is 19.0. The normalized spacial score (nSPS) is 12.4. The van der Waals surface area contributed by atoms with Gasteiger partial charge in [0.05, 0.1) is 13.2 Å². The molecule has 0 radical (unpaired) electrons. The smallest absolute Gasteiger partial charge is 0.188 e. The largest absolute Gasteiger partial charge is 0.492 e. The standard InChI is InChI=1S/C14H23N3O2.HI/c1-11-4-6-13(7-5-11)19-9-8-16-14(15)17-12(2)10-18-3;/h4-7,12H,8-10H2,1-3H3,(H3,15,16,17);1H. The number of hydrogen-bond acceptors (Lipinski definition) is 3. The van der Waals surface area contributed by atoms with Crippen LogP contribution in [0.3, 0.4) is 0 Å². The monoisotopic (exact) mass is 393 g/mol. The average molecular weight is 393 g/mol. The highest BCUT2D eigenvalue weighted by Gasteiger charge is 2.01. The van der Waals surface area contributed by atoms with E-state index in [2.05, 4.69) is 10.3 Å². The summed E-state index contributed by atoms with van der Waals surface area (Å²) in [5, 5.41) is 3.03. The summed E-state index contributed by atoms with van der Waals surface area (Å²) >= 11 is 0. The van der Waals surface area contributed by atoms with Crippen LogP contribution in [0.1, 0.15) is 12.5 Å². The maximum absolute atomic E-state index is 5.73. The number of ether oxygens (including phenoxy) is 2. The van der Waals surface area contributed by atoms with Crippen LogP contribution in [0.15, 0.2) is 29.3 Å². The minimum absolute atomic E-state index is 0. The SMILES string of the molecule is COCC(C)NC(N)=NCCOc1ccc(C)cc1.I. The lowest BCUT2D eigenvalue weighted by Gasteiger charge is -2.13. The first-order valence-corrected chi connectivity index (χ1v) is 6.36. The van der Waals surface area contributed by atoms with E-state index in [-0.39, 0.29) is 30.0 Å². The molecular formula is C14H24IN3O2. The summed E-state index contributed by atoms with van der Waals surface area (Å²) in [4.78, 5) is 4.18. The molecule has 0 aliphatic heterocycles. The molecule has 0 fully saturated rings. The van der Waals surface area contributed by atoms with Gasteiger partial charge in [0.2, 0.25) is 0 Å². The zero-order valence-corrected chi connectivity index (χ0v) is 14.6. The second-order valence-electron chi connectivity index (χ2n) is 4.43. The van der Waals surface area contributed by atoms with Gasteiger partial charge in [-0.2, -0.15) is 0 Å². The van der Waals surface area contributed by atoms with Crippen molar-refractivity contribution in [3.05, 3.63) is 29.8 Å². The zero-order chi connectivity index (χ0) is 14.1. The van der Waals surface area contributed by atoms with Gasteiger partial charge in [-0.3, -0.25) is 0 Å². The maximum atomic E-state index is 5.73. The Morgan fingerprint density at radius 1 is 1.35 bits per heavy atom. The topological polar surface area (TPSA) is 68.9 Å². The Hall–Kier alpha value is -1.02. The number of halogens is 1. The number of aliphatic imine (C=N–C) groups is 1. The van der Waals surface area contributed by atoms with Crippen LogP contribution in [0.5, 0.6) is 5.75 Å². The highest BCUT2D eigenvalue weighted by Crippen LogP contribution is 2.10. The summed E-state index contributed by atoms with van der Waals surface area (Å²) in [5.74, 6) is 1.26.